The van der Waals surface area contributed by atoms with Crippen LogP contribution in [0.25, 0.3) is 0 Å². The van der Waals surface area contributed by atoms with Gasteiger partial charge in [-0.25, -0.2) is 0 Å². The van der Waals surface area contributed by atoms with Crippen molar-refractivity contribution in [3.8, 4) is 0 Å². The van der Waals surface area contributed by atoms with Gasteiger partial charge in [-0.15, -0.1) is 10.2 Å². The van der Waals surface area contributed by atoms with Crippen molar-refractivity contribution < 1.29 is 4.79 Å². The molecule has 2 aromatic carbocycles. The molecule has 3 aromatic rings. The second-order valence-electron chi connectivity index (χ2n) is 7.26. The van der Waals surface area contributed by atoms with Gasteiger partial charge in [0.1, 0.15) is 5.82 Å². The fourth-order valence-electron chi connectivity index (χ4n) is 3.48. The summed E-state index contributed by atoms with van der Waals surface area (Å²) in [7, 11) is 0. The highest BCUT2D eigenvalue weighted by Crippen LogP contribution is 2.18. The van der Waals surface area contributed by atoms with Crippen LogP contribution in [0.5, 0.6) is 0 Å². The van der Waals surface area contributed by atoms with Crippen molar-refractivity contribution in [3.05, 3.63) is 83.6 Å². The molecule has 1 amide bonds. The van der Waals surface area contributed by atoms with E-state index in [2.05, 4.69) is 63.7 Å². The Morgan fingerprint density at radius 1 is 0.931 bits per heavy atom. The predicted octanol–water partition coefficient (Wildman–Crippen LogP) is 3.36. The fourth-order valence-corrected chi connectivity index (χ4v) is 3.48. The van der Waals surface area contributed by atoms with Gasteiger partial charge in [-0.05, 0) is 42.3 Å². The van der Waals surface area contributed by atoms with Crippen molar-refractivity contribution in [1.29, 1.82) is 0 Å². The molecule has 1 fully saturated rings. The Morgan fingerprint density at radius 2 is 1.72 bits per heavy atom. The summed E-state index contributed by atoms with van der Waals surface area (Å²) in [6.45, 7) is 5.77. The first kappa shape index (κ1) is 18.9. The number of carbonyl (C=O) groups excluding carboxylic acids is 1. The molecule has 0 saturated carbocycles. The molecule has 1 aliphatic rings. The van der Waals surface area contributed by atoms with E-state index < -0.39 is 0 Å². The number of nitrogens with one attached hydrogen (secondary N) is 1. The van der Waals surface area contributed by atoms with Crippen LogP contribution in [0, 0.1) is 6.92 Å². The maximum Gasteiger partial charge on any atom is 0.274 e. The molecule has 1 aliphatic heterocycles. The van der Waals surface area contributed by atoms with Crippen LogP contribution < -0.4 is 10.2 Å². The molecule has 29 heavy (non-hydrogen) atoms. The number of hydrogen-bond donors (Lipinski definition) is 1. The molecule has 6 heteroatoms. The van der Waals surface area contributed by atoms with Crippen LogP contribution in [0.3, 0.4) is 0 Å². The van der Waals surface area contributed by atoms with Gasteiger partial charge in [-0.1, -0.05) is 42.5 Å². The molecule has 4 rings (SSSR count). The summed E-state index contributed by atoms with van der Waals surface area (Å²) >= 11 is 0. The number of benzene rings is 2. The van der Waals surface area contributed by atoms with E-state index in [4.69, 9.17) is 0 Å². The number of hydrogen-bond acceptors (Lipinski definition) is 5. The second-order valence-corrected chi connectivity index (χ2v) is 7.26. The van der Waals surface area contributed by atoms with Gasteiger partial charge in [-0.3, -0.25) is 4.79 Å². The molecule has 6 nitrogen and oxygen atoms in total. The standard InChI is InChI=1S/C23H25N5O/c1-18-6-5-9-20(16-18)27-12-14-28(15-13-27)23(29)21-10-11-22(26-25-21)24-17-19-7-3-2-4-8-19/h2-11,16H,12-15,17H2,1H3,(H,24,26). The fraction of sp³-hybridized carbons (Fsp3) is 0.261. The average molecular weight is 387 g/mol. The van der Waals surface area contributed by atoms with Gasteiger partial charge in [0.05, 0.1) is 0 Å². The molecule has 0 bridgehead atoms. The molecular formula is C23H25N5O. The molecule has 1 aromatic heterocycles. The summed E-state index contributed by atoms with van der Waals surface area (Å²) < 4.78 is 0. The minimum atomic E-state index is -0.0593. The van der Waals surface area contributed by atoms with Gasteiger partial charge >= 0.3 is 0 Å². The summed E-state index contributed by atoms with van der Waals surface area (Å²) in [6.07, 6.45) is 0. The smallest absolute Gasteiger partial charge is 0.274 e. The van der Waals surface area contributed by atoms with Gasteiger partial charge in [0, 0.05) is 38.4 Å². The highest BCUT2D eigenvalue weighted by atomic mass is 16.2. The third-order valence-electron chi connectivity index (χ3n) is 5.13. The zero-order chi connectivity index (χ0) is 20.1. The summed E-state index contributed by atoms with van der Waals surface area (Å²) in [4.78, 5) is 16.9. The van der Waals surface area contributed by atoms with Crippen molar-refractivity contribution in [1.82, 2.24) is 15.1 Å². The third kappa shape index (κ3) is 4.71. The van der Waals surface area contributed by atoms with Crippen LogP contribution in [0.15, 0.2) is 66.7 Å². The highest BCUT2D eigenvalue weighted by molar-refractivity contribution is 5.92. The summed E-state index contributed by atoms with van der Waals surface area (Å²) in [5.41, 5.74) is 4.02. The Morgan fingerprint density at radius 3 is 2.41 bits per heavy atom. The Labute approximate surface area is 171 Å². The van der Waals surface area contributed by atoms with Crippen LogP contribution in [-0.2, 0) is 6.54 Å². The quantitative estimate of drug-likeness (QED) is 0.727. The zero-order valence-electron chi connectivity index (χ0n) is 16.6. The zero-order valence-corrected chi connectivity index (χ0v) is 16.6. The first-order valence-electron chi connectivity index (χ1n) is 9.91. The number of nitrogens with zero attached hydrogens (tertiary/aromatic N) is 4. The summed E-state index contributed by atoms with van der Waals surface area (Å²) in [6, 6.07) is 22.1. The molecule has 2 heterocycles. The van der Waals surface area contributed by atoms with E-state index in [1.165, 1.54) is 16.8 Å². The van der Waals surface area contributed by atoms with Gasteiger partial charge in [0.15, 0.2) is 5.69 Å². The number of rotatable bonds is 5. The normalized spacial score (nSPS) is 14.0. The van der Waals surface area contributed by atoms with Crippen LogP contribution in [-0.4, -0.2) is 47.2 Å². The Bertz CT molecular complexity index is 951. The number of aryl methyl sites for hydroxylation is 1. The summed E-state index contributed by atoms with van der Waals surface area (Å²) in [5, 5.41) is 11.5. The molecule has 148 valence electrons. The summed E-state index contributed by atoms with van der Waals surface area (Å²) in [5.74, 6) is 0.602. The van der Waals surface area contributed by atoms with Crippen molar-refractivity contribution in [3.63, 3.8) is 0 Å². The van der Waals surface area contributed by atoms with E-state index >= 15 is 0 Å². The van der Waals surface area contributed by atoms with Gasteiger partial charge in [0.25, 0.3) is 5.91 Å². The Balaban J connectivity index is 1.31. The first-order chi connectivity index (χ1) is 14.2. The topological polar surface area (TPSA) is 61.4 Å². The highest BCUT2D eigenvalue weighted by Gasteiger charge is 2.23. The average Bonchev–Trinajstić information content (AvgIpc) is 2.78. The van der Waals surface area contributed by atoms with Crippen LogP contribution in [0.1, 0.15) is 21.6 Å². The van der Waals surface area contributed by atoms with Crippen LogP contribution in [0.2, 0.25) is 0 Å². The monoisotopic (exact) mass is 387 g/mol. The molecule has 0 aliphatic carbocycles. The number of aromatic nitrogens is 2. The van der Waals surface area contributed by atoms with E-state index in [1.54, 1.807) is 6.07 Å². The lowest BCUT2D eigenvalue weighted by Gasteiger charge is -2.36. The maximum atomic E-state index is 12.8. The maximum absolute atomic E-state index is 12.8. The van der Waals surface area contributed by atoms with Gasteiger partial charge in [0.2, 0.25) is 0 Å². The minimum absolute atomic E-state index is 0.0593. The number of piperazine rings is 1. The van der Waals surface area contributed by atoms with E-state index in [-0.39, 0.29) is 5.91 Å². The molecular weight excluding hydrogens is 362 g/mol. The Kier molecular flexibility index (Phi) is 5.70. The lowest BCUT2D eigenvalue weighted by molar-refractivity contribution is 0.0739. The second kappa shape index (κ2) is 8.73. The number of amides is 1. The molecule has 0 unspecified atom stereocenters. The van der Waals surface area contributed by atoms with Crippen molar-refractivity contribution in [2.45, 2.75) is 13.5 Å². The minimum Gasteiger partial charge on any atom is -0.368 e. The number of carbonyl (C=O) groups is 1. The van der Waals surface area contributed by atoms with Crippen molar-refractivity contribution in [2.24, 2.45) is 0 Å². The van der Waals surface area contributed by atoms with Gasteiger partial charge < -0.3 is 15.1 Å². The molecule has 0 atom stereocenters. The van der Waals surface area contributed by atoms with Gasteiger partial charge in [-0.2, -0.15) is 0 Å². The van der Waals surface area contributed by atoms with Crippen molar-refractivity contribution >= 4 is 17.4 Å². The number of anilines is 2. The van der Waals surface area contributed by atoms with E-state index in [0.717, 1.165) is 13.1 Å². The third-order valence-corrected chi connectivity index (χ3v) is 5.13. The molecule has 0 spiro atoms. The Hall–Kier alpha value is -3.41. The van der Waals surface area contributed by atoms with Crippen LogP contribution in [0.4, 0.5) is 11.5 Å². The predicted molar refractivity (Wildman–Crippen MR) is 115 cm³/mol. The molecule has 1 saturated heterocycles. The van der Waals surface area contributed by atoms with E-state index in [1.807, 2.05) is 29.2 Å². The lowest BCUT2D eigenvalue weighted by Crippen LogP contribution is -2.49. The van der Waals surface area contributed by atoms with E-state index in [0.29, 0.717) is 31.1 Å². The van der Waals surface area contributed by atoms with Crippen molar-refractivity contribution in [2.75, 3.05) is 36.4 Å². The molecule has 1 N–H and O–H groups in total. The first-order valence-corrected chi connectivity index (χ1v) is 9.91. The largest absolute Gasteiger partial charge is 0.368 e. The molecule has 0 radical (unpaired) electrons. The lowest BCUT2D eigenvalue weighted by atomic mass is 10.2. The van der Waals surface area contributed by atoms with E-state index in [9.17, 15) is 4.79 Å². The SMILES string of the molecule is Cc1cccc(N2CCN(C(=O)c3ccc(NCc4ccccc4)nn3)CC2)c1. The van der Waals surface area contributed by atoms with Crippen LogP contribution >= 0.6 is 0 Å².